The topological polar surface area (TPSA) is 35.2 Å². The van der Waals surface area contributed by atoms with Gasteiger partial charge in [-0.1, -0.05) is 45.7 Å². The Hall–Kier alpha value is -1.03. The second kappa shape index (κ2) is 6.42. The van der Waals surface area contributed by atoms with Crippen LogP contribution in [0.5, 0.6) is 5.75 Å². The third-order valence-electron chi connectivity index (χ3n) is 2.95. The summed E-state index contributed by atoms with van der Waals surface area (Å²) in [5.74, 6) is 0.811. The zero-order valence-electron chi connectivity index (χ0n) is 10.6. The quantitative estimate of drug-likeness (QED) is 0.898. The molecular weight excluding hydrogens is 326 g/mol. The molecule has 0 amide bonds. The number of benzene rings is 2. The van der Waals surface area contributed by atoms with Crippen molar-refractivity contribution >= 4 is 27.5 Å². The lowest BCUT2D eigenvalue weighted by Crippen LogP contribution is -2.14. The van der Waals surface area contributed by atoms with Crippen molar-refractivity contribution in [3.05, 3.63) is 63.1 Å². The largest absolute Gasteiger partial charge is 0.497 e. The predicted molar refractivity (Wildman–Crippen MR) is 82.8 cm³/mol. The molecule has 2 aromatic carbocycles. The van der Waals surface area contributed by atoms with E-state index in [9.17, 15) is 0 Å². The molecule has 0 aliphatic rings. The molecule has 2 rings (SSSR count). The molecule has 0 radical (unpaired) electrons. The maximum Gasteiger partial charge on any atom is 0.120 e. The summed E-state index contributed by atoms with van der Waals surface area (Å²) in [6.07, 6.45) is 0.742. The monoisotopic (exact) mass is 339 g/mol. The number of hydrogen-bond donors (Lipinski definition) is 1. The van der Waals surface area contributed by atoms with Gasteiger partial charge in [0.05, 0.1) is 7.11 Å². The van der Waals surface area contributed by atoms with Crippen LogP contribution in [0.4, 0.5) is 0 Å². The molecule has 1 atom stereocenters. The summed E-state index contributed by atoms with van der Waals surface area (Å²) in [5, 5.41) is 0.735. The van der Waals surface area contributed by atoms with E-state index in [1.807, 2.05) is 42.5 Å². The van der Waals surface area contributed by atoms with Gasteiger partial charge in [-0.05, 0) is 41.8 Å². The van der Waals surface area contributed by atoms with Crippen LogP contribution < -0.4 is 10.5 Å². The highest BCUT2D eigenvalue weighted by molar-refractivity contribution is 9.10. The molecule has 2 aromatic rings. The van der Waals surface area contributed by atoms with Crippen LogP contribution in [0.15, 0.2) is 46.9 Å². The maximum absolute atomic E-state index is 6.26. The number of rotatable bonds is 4. The summed E-state index contributed by atoms with van der Waals surface area (Å²) in [7, 11) is 1.65. The molecule has 0 saturated heterocycles. The van der Waals surface area contributed by atoms with Crippen LogP contribution in [-0.2, 0) is 6.42 Å². The molecule has 2 nitrogen and oxygen atoms in total. The average molecular weight is 341 g/mol. The van der Waals surface area contributed by atoms with Crippen molar-refractivity contribution in [1.82, 2.24) is 0 Å². The fourth-order valence-corrected chi connectivity index (χ4v) is 2.83. The van der Waals surface area contributed by atoms with E-state index in [-0.39, 0.29) is 6.04 Å². The van der Waals surface area contributed by atoms with Gasteiger partial charge in [0.1, 0.15) is 5.75 Å². The molecule has 4 heteroatoms. The van der Waals surface area contributed by atoms with Gasteiger partial charge in [-0.2, -0.15) is 0 Å². The van der Waals surface area contributed by atoms with Gasteiger partial charge >= 0.3 is 0 Å². The van der Waals surface area contributed by atoms with Crippen molar-refractivity contribution in [2.75, 3.05) is 7.11 Å². The molecule has 0 aliphatic heterocycles. The predicted octanol–water partition coefficient (Wildman–Crippen LogP) is 4.35. The molecule has 0 fully saturated rings. The first-order valence-electron chi connectivity index (χ1n) is 5.93. The minimum absolute atomic E-state index is 0.0845. The average Bonchev–Trinajstić information content (AvgIpc) is 2.38. The SMILES string of the molecule is COc1ccc(C(N)Cc2cccc(Cl)c2)c(Br)c1. The molecule has 19 heavy (non-hydrogen) atoms. The van der Waals surface area contributed by atoms with E-state index < -0.39 is 0 Å². The van der Waals surface area contributed by atoms with Gasteiger partial charge in [0.15, 0.2) is 0 Å². The van der Waals surface area contributed by atoms with Crippen molar-refractivity contribution in [2.45, 2.75) is 12.5 Å². The van der Waals surface area contributed by atoms with Crippen LogP contribution in [-0.4, -0.2) is 7.11 Å². The van der Waals surface area contributed by atoms with Crippen LogP contribution in [0.1, 0.15) is 17.2 Å². The van der Waals surface area contributed by atoms with Crippen LogP contribution in [0.2, 0.25) is 5.02 Å². The number of hydrogen-bond acceptors (Lipinski definition) is 2. The molecule has 2 N–H and O–H groups in total. The minimum atomic E-state index is -0.0845. The number of halogens is 2. The zero-order valence-corrected chi connectivity index (χ0v) is 12.9. The van der Waals surface area contributed by atoms with Crippen LogP contribution in [0.3, 0.4) is 0 Å². The highest BCUT2D eigenvalue weighted by Gasteiger charge is 2.11. The standard InChI is InChI=1S/C15H15BrClNO/c1-19-12-5-6-13(14(16)9-12)15(18)8-10-3-2-4-11(17)7-10/h2-7,9,15H,8,18H2,1H3. The zero-order chi connectivity index (χ0) is 13.8. The summed E-state index contributed by atoms with van der Waals surface area (Å²) in [6, 6.07) is 13.5. The van der Waals surface area contributed by atoms with Crippen molar-refractivity contribution in [2.24, 2.45) is 5.73 Å². The number of ether oxygens (including phenoxy) is 1. The second-order valence-corrected chi connectivity index (χ2v) is 5.62. The summed E-state index contributed by atoms with van der Waals surface area (Å²) in [4.78, 5) is 0. The van der Waals surface area contributed by atoms with Gasteiger partial charge in [0.2, 0.25) is 0 Å². The Labute approximate surface area is 126 Å². The fourth-order valence-electron chi connectivity index (χ4n) is 1.96. The van der Waals surface area contributed by atoms with Gasteiger partial charge in [0, 0.05) is 15.5 Å². The molecule has 0 aromatic heterocycles. The molecule has 0 aliphatic carbocycles. The van der Waals surface area contributed by atoms with Crippen LogP contribution >= 0.6 is 27.5 Å². The Morgan fingerprint density at radius 1 is 1.26 bits per heavy atom. The molecule has 1 unspecified atom stereocenters. The molecule has 100 valence electrons. The van der Waals surface area contributed by atoms with Crippen molar-refractivity contribution in [1.29, 1.82) is 0 Å². The third kappa shape index (κ3) is 3.72. The highest BCUT2D eigenvalue weighted by Crippen LogP contribution is 2.28. The van der Waals surface area contributed by atoms with E-state index in [2.05, 4.69) is 15.9 Å². The summed E-state index contributed by atoms with van der Waals surface area (Å²) >= 11 is 9.51. The summed E-state index contributed by atoms with van der Waals surface area (Å²) in [6.45, 7) is 0. The van der Waals surface area contributed by atoms with Crippen molar-refractivity contribution < 1.29 is 4.74 Å². The lowest BCUT2D eigenvalue weighted by molar-refractivity contribution is 0.414. The smallest absolute Gasteiger partial charge is 0.120 e. The Morgan fingerprint density at radius 3 is 2.68 bits per heavy atom. The second-order valence-electron chi connectivity index (χ2n) is 4.33. The first kappa shape index (κ1) is 14.4. The Kier molecular flexibility index (Phi) is 4.86. The van der Waals surface area contributed by atoms with Crippen LogP contribution in [0, 0.1) is 0 Å². The van der Waals surface area contributed by atoms with Crippen molar-refractivity contribution in [3.63, 3.8) is 0 Å². The van der Waals surface area contributed by atoms with E-state index >= 15 is 0 Å². The first-order valence-corrected chi connectivity index (χ1v) is 7.10. The molecule has 0 bridgehead atoms. The Balaban J connectivity index is 2.18. The lowest BCUT2D eigenvalue weighted by atomic mass is 10.00. The molecule has 0 heterocycles. The summed E-state index contributed by atoms with van der Waals surface area (Å²) in [5.41, 5.74) is 8.44. The van der Waals surface area contributed by atoms with Gasteiger partial charge in [-0.3, -0.25) is 0 Å². The number of nitrogens with two attached hydrogens (primary N) is 1. The normalized spacial score (nSPS) is 12.2. The van der Waals surface area contributed by atoms with Crippen molar-refractivity contribution in [3.8, 4) is 5.75 Å². The van der Waals surface area contributed by atoms with Crippen LogP contribution in [0.25, 0.3) is 0 Å². The summed E-state index contributed by atoms with van der Waals surface area (Å²) < 4.78 is 6.14. The lowest BCUT2D eigenvalue weighted by Gasteiger charge is -2.15. The van der Waals surface area contributed by atoms with E-state index in [0.29, 0.717) is 0 Å². The van der Waals surface area contributed by atoms with Gasteiger partial charge in [-0.25, -0.2) is 0 Å². The minimum Gasteiger partial charge on any atom is -0.497 e. The molecule has 0 saturated carbocycles. The van der Waals surface area contributed by atoms with Gasteiger partial charge in [-0.15, -0.1) is 0 Å². The van der Waals surface area contributed by atoms with Gasteiger partial charge in [0.25, 0.3) is 0 Å². The highest BCUT2D eigenvalue weighted by atomic mass is 79.9. The number of methoxy groups -OCH3 is 1. The maximum atomic E-state index is 6.26. The van der Waals surface area contributed by atoms with Gasteiger partial charge < -0.3 is 10.5 Å². The Bertz CT molecular complexity index is 574. The molecule has 0 spiro atoms. The van der Waals surface area contributed by atoms with E-state index in [4.69, 9.17) is 22.1 Å². The van der Waals surface area contributed by atoms with E-state index in [1.54, 1.807) is 7.11 Å². The Morgan fingerprint density at radius 2 is 2.05 bits per heavy atom. The van der Waals surface area contributed by atoms with E-state index in [1.165, 1.54) is 0 Å². The third-order valence-corrected chi connectivity index (χ3v) is 3.87. The fraction of sp³-hybridized carbons (Fsp3) is 0.200. The molecular formula is C15H15BrClNO. The van der Waals surface area contributed by atoms with E-state index in [0.717, 1.165) is 32.8 Å². The first-order chi connectivity index (χ1) is 9.10.